The first-order chi connectivity index (χ1) is 15.8. The Hall–Kier alpha value is -3.33. The van der Waals surface area contributed by atoms with E-state index in [1.807, 2.05) is 48.5 Å². The van der Waals surface area contributed by atoms with E-state index in [2.05, 4.69) is 21.9 Å². The molecule has 0 aromatic heterocycles. The van der Waals surface area contributed by atoms with Crippen molar-refractivity contribution in [1.29, 1.82) is 0 Å². The minimum absolute atomic E-state index is 0.129. The van der Waals surface area contributed by atoms with Crippen LogP contribution in [0.1, 0.15) is 23.6 Å². The Bertz CT molecular complexity index is 1310. The second kappa shape index (κ2) is 9.66. The van der Waals surface area contributed by atoms with Crippen LogP contribution in [-0.4, -0.2) is 17.7 Å². The van der Waals surface area contributed by atoms with E-state index in [9.17, 15) is 4.79 Å². The van der Waals surface area contributed by atoms with E-state index in [0.29, 0.717) is 34.5 Å². The number of carbonyl (C=O) groups excluding carboxylic acids is 1. The molecule has 9 heteroatoms. The molecule has 3 aromatic rings. The number of amidine groups is 1. The lowest BCUT2D eigenvalue weighted by Crippen LogP contribution is -2.24. The SMILES string of the molecule is C=C(/N=C(\N=C(N)N)c1c(Cl)cc2c3c(cccc13)COC2)Sc1ccc(NC(C)=O)cc1. The fourth-order valence-electron chi connectivity index (χ4n) is 3.69. The molecule has 1 amide bonds. The van der Waals surface area contributed by atoms with Gasteiger partial charge in [-0.05, 0) is 52.2 Å². The zero-order valence-electron chi connectivity index (χ0n) is 17.9. The van der Waals surface area contributed by atoms with Gasteiger partial charge in [0.2, 0.25) is 5.91 Å². The van der Waals surface area contributed by atoms with Crippen LogP contribution >= 0.6 is 23.4 Å². The van der Waals surface area contributed by atoms with Crippen LogP contribution < -0.4 is 16.8 Å². The molecule has 0 atom stereocenters. The predicted octanol–water partition coefficient (Wildman–Crippen LogP) is 4.77. The number of nitrogens with zero attached hydrogens (tertiary/aromatic N) is 2. The van der Waals surface area contributed by atoms with Gasteiger partial charge in [0.1, 0.15) is 0 Å². The highest BCUT2D eigenvalue weighted by atomic mass is 35.5. The van der Waals surface area contributed by atoms with Crippen molar-refractivity contribution in [2.24, 2.45) is 21.5 Å². The Kier molecular flexibility index (Phi) is 6.69. The first kappa shape index (κ1) is 22.8. The molecule has 0 aliphatic carbocycles. The molecule has 1 heterocycles. The van der Waals surface area contributed by atoms with Gasteiger partial charge in [-0.15, -0.1) is 0 Å². The van der Waals surface area contributed by atoms with E-state index >= 15 is 0 Å². The van der Waals surface area contributed by atoms with Gasteiger partial charge < -0.3 is 21.5 Å². The number of thioether (sulfide) groups is 1. The van der Waals surface area contributed by atoms with Crippen molar-refractivity contribution in [2.45, 2.75) is 25.0 Å². The number of hydrogen-bond acceptors (Lipinski definition) is 4. The number of anilines is 1. The standard InChI is InChI=1S/C24H22ClN5O2S/c1-13(31)28-17-6-8-18(9-7-17)33-14(2)29-23(30-24(26)27)22-19-5-3-4-15-11-32-12-16(21(15)19)10-20(22)25/h3-10H,2,11-12H2,1H3,(H,28,31)(H4,26,27,29,30). The summed E-state index contributed by atoms with van der Waals surface area (Å²) < 4.78 is 5.67. The van der Waals surface area contributed by atoms with Crippen LogP contribution in [0.3, 0.4) is 0 Å². The number of carbonyl (C=O) groups is 1. The Labute approximate surface area is 200 Å². The molecule has 4 rings (SSSR count). The van der Waals surface area contributed by atoms with E-state index < -0.39 is 0 Å². The molecular formula is C24H22ClN5O2S. The minimum Gasteiger partial charge on any atom is -0.372 e. The van der Waals surface area contributed by atoms with Crippen LogP contribution in [0, 0.1) is 0 Å². The van der Waals surface area contributed by atoms with Crippen molar-refractivity contribution in [3.63, 3.8) is 0 Å². The van der Waals surface area contributed by atoms with Gasteiger partial charge in [0.15, 0.2) is 11.8 Å². The van der Waals surface area contributed by atoms with E-state index in [0.717, 1.165) is 26.8 Å². The van der Waals surface area contributed by atoms with Crippen LogP contribution in [0.25, 0.3) is 10.8 Å². The van der Waals surface area contributed by atoms with Crippen molar-refractivity contribution in [2.75, 3.05) is 5.32 Å². The molecule has 3 aromatic carbocycles. The number of ether oxygens (including phenoxy) is 1. The third kappa shape index (κ3) is 5.19. The van der Waals surface area contributed by atoms with Crippen molar-refractivity contribution >= 4 is 57.5 Å². The number of guanidine groups is 1. The fourth-order valence-corrected chi connectivity index (χ4v) is 4.69. The third-order valence-electron chi connectivity index (χ3n) is 4.90. The number of halogens is 1. The predicted molar refractivity (Wildman–Crippen MR) is 136 cm³/mol. The average Bonchev–Trinajstić information content (AvgIpc) is 2.74. The summed E-state index contributed by atoms with van der Waals surface area (Å²) in [5.41, 5.74) is 14.9. The summed E-state index contributed by atoms with van der Waals surface area (Å²) in [5.74, 6) is 0.0180. The van der Waals surface area contributed by atoms with E-state index in [4.69, 9.17) is 27.8 Å². The zero-order valence-corrected chi connectivity index (χ0v) is 19.5. The molecule has 168 valence electrons. The summed E-state index contributed by atoms with van der Waals surface area (Å²) in [5, 5.41) is 5.66. The van der Waals surface area contributed by atoms with Crippen LogP contribution in [0.4, 0.5) is 5.69 Å². The zero-order chi connectivity index (χ0) is 23.5. The second-order valence-corrected chi connectivity index (χ2v) is 8.95. The summed E-state index contributed by atoms with van der Waals surface area (Å²) in [6.07, 6.45) is 0. The third-order valence-corrected chi connectivity index (χ3v) is 6.03. The van der Waals surface area contributed by atoms with Gasteiger partial charge in [-0.1, -0.05) is 48.1 Å². The van der Waals surface area contributed by atoms with Crippen molar-refractivity contribution in [3.05, 3.63) is 81.9 Å². The van der Waals surface area contributed by atoms with Crippen molar-refractivity contribution in [1.82, 2.24) is 0 Å². The molecule has 5 N–H and O–H groups in total. The first-order valence-corrected chi connectivity index (χ1v) is 11.2. The molecule has 0 fully saturated rings. The Balaban J connectivity index is 1.72. The van der Waals surface area contributed by atoms with Gasteiger partial charge >= 0.3 is 0 Å². The maximum atomic E-state index is 11.2. The van der Waals surface area contributed by atoms with Gasteiger partial charge in [0.05, 0.1) is 23.3 Å². The number of amides is 1. The lowest BCUT2D eigenvalue weighted by Gasteiger charge is -2.20. The molecule has 7 nitrogen and oxygen atoms in total. The molecule has 0 saturated carbocycles. The van der Waals surface area contributed by atoms with Crippen LogP contribution in [0.15, 0.2) is 75.0 Å². The Morgan fingerprint density at radius 3 is 2.55 bits per heavy atom. The molecule has 33 heavy (non-hydrogen) atoms. The van der Waals surface area contributed by atoms with Gasteiger partial charge in [-0.2, -0.15) is 4.99 Å². The summed E-state index contributed by atoms with van der Waals surface area (Å²) in [7, 11) is 0. The normalized spacial score (nSPS) is 13.0. The van der Waals surface area contributed by atoms with Gasteiger partial charge in [0, 0.05) is 23.1 Å². The number of benzene rings is 3. The first-order valence-electron chi connectivity index (χ1n) is 10.1. The van der Waals surface area contributed by atoms with Crippen molar-refractivity contribution in [3.8, 4) is 0 Å². The number of nitrogens with one attached hydrogen (secondary N) is 1. The number of rotatable bonds is 5. The van der Waals surface area contributed by atoms with E-state index in [1.165, 1.54) is 18.7 Å². The molecule has 1 aliphatic rings. The summed E-state index contributed by atoms with van der Waals surface area (Å²) in [4.78, 5) is 21.0. The number of hydrogen-bond donors (Lipinski definition) is 3. The topological polar surface area (TPSA) is 115 Å². The molecule has 0 saturated heterocycles. The lowest BCUT2D eigenvalue weighted by molar-refractivity contribution is -0.114. The van der Waals surface area contributed by atoms with Gasteiger partial charge in [-0.3, -0.25) is 4.79 Å². The number of nitrogens with two attached hydrogens (primary N) is 2. The highest BCUT2D eigenvalue weighted by Crippen LogP contribution is 2.36. The smallest absolute Gasteiger partial charge is 0.221 e. The van der Waals surface area contributed by atoms with E-state index in [1.54, 1.807) is 0 Å². The van der Waals surface area contributed by atoms with E-state index in [-0.39, 0.29) is 17.7 Å². The molecular weight excluding hydrogens is 458 g/mol. The fraction of sp³-hybridized carbons (Fsp3) is 0.125. The minimum atomic E-state index is -0.133. The van der Waals surface area contributed by atoms with Crippen LogP contribution in [0.2, 0.25) is 5.02 Å². The average molecular weight is 480 g/mol. The molecule has 1 aliphatic heterocycles. The van der Waals surface area contributed by atoms with Crippen LogP contribution in [-0.2, 0) is 22.7 Å². The molecule has 0 radical (unpaired) electrons. The Morgan fingerprint density at radius 1 is 1.12 bits per heavy atom. The lowest BCUT2D eigenvalue weighted by atomic mass is 9.94. The summed E-state index contributed by atoms with van der Waals surface area (Å²) in [6.45, 7) is 6.53. The van der Waals surface area contributed by atoms with Gasteiger partial charge in [0.25, 0.3) is 0 Å². The highest BCUT2D eigenvalue weighted by Gasteiger charge is 2.21. The highest BCUT2D eigenvalue weighted by molar-refractivity contribution is 8.03. The van der Waals surface area contributed by atoms with Gasteiger partial charge in [-0.25, -0.2) is 4.99 Å². The summed E-state index contributed by atoms with van der Waals surface area (Å²) in [6, 6.07) is 15.2. The Morgan fingerprint density at radius 2 is 1.85 bits per heavy atom. The van der Waals surface area contributed by atoms with Crippen molar-refractivity contribution < 1.29 is 9.53 Å². The van der Waals surface area contributed by atoms with Crippen LogP contribution in [0.5, 0.6) is 0 Å². The molecule has 0 bridgehead atoms. The number of aliphatic imine (C=N–C) groups is 2. The molecule has 0 spiro atoms. The maximum Gasteiger partial charge on any atom is 0.221 e. The largest absolute Gasteiger partial charge is 0.372 e. The summed E-state index contributed by atoms with van der Waals surface area (Å²) >= 11 is 8.03. The monoisotopic (exact) mass is 479 g/mol. The molecule has 0 unspecified atom stereocenters. The quantitative estimate of drug-likeness (QED) is 0.277. The second-order valence-electron chi connectivity index (χ2n) is 7.40. The maximum absolute atomic E-state index is 11.2.